The van der Waals surface area contributed by atoms with Crippen LogP contribution >= 0.6 is 0 Å². The molecule has 2 atom stereocenters. The average molecular weight is 279 g/mol. The molecule has 0 bridgehead atoms. The van der Waals surface area contributed by atoms with Gasteiger partial charge in [-0.05, 0) is 39.0 Å². The molecule has 1 rings (SSSR count). The van der Waals surface area contributed by atoms with Crippen LogP contribution < -0.4 is 5.32 Å². The number of hydrogen-bond donors (Lipinski definition) is 1. The van der Waals surface area contributed by atoms with Crippen LogP contribution in [0.4, 0.5) is 4.79 Å². The first-order chi connectivity index (χ1) is 8.07. The molecule has 0 spiro atoms. The molecule has 0 aliphatic heterocycles. The van der Waals surface area contributed by atoms with Crippen LogP contribution in [0.25, 0.3) is 0 Å². The van der Waals surface area contributed by atoms with Crippen LogP contribution in [0, 0.1) is 11.8 Å². The number of nitrogens with one attached hydrogen (secondary N) is 1. The number of rotatable bonds is 5. The molecule has 0 heterocycles. The third-order valence-electron chi connectivity index (χ3n) is 2.47. The van der Waals surface area contributed by atoms with Crippen LogP contribution in [0.5, 0.6) is 0 Å². The summed E-state index contributed by atoms with van der Waals surface area (Å²) in [7, 11) is -3.37. The molecule has 0 radical (unpaired) electrons. The van der Waals surface area contributed by atoms with E-state index in [0.29, 0.717) is 6.54 Å². The average Bonchev–Trinajstić information content (AvgIpc) is 2.86. The summed E-state index contributed by atoms with van der Waals surface area (Å²) in [4.78, 5) is 11.4. The molecule has 2 unspecified atom stereocenters. The molecule has 1 aliphatic carbocycles. The zero-order valence-electron chi connectivity index (χ0n) is 11.2. The lowest BCUT2D eigenvalue weighted by Crippen LogP contribution is -2.33. The van der Waals surface area contributed by atoms with Crippen molar-refractivity contribution >= 4 is 16.2 Å². The van der Waals surface area contributed by atoms with E-state index in [1.807, 2.05) is 0 Å². The first-order valence-corrected chi connectivity index (χ1v) is 7.70. The van der Waals surface area contributed by atoms with Crippen LogP contribution in [0.3, 0.4) is 0 Å². The largest absolute Gasteiger partial charge is 0.444 e. The fourth-order valence-electron chi connectivity index (χ4n) is 1.50. The van der Waals surface area contributed by atoms with Crippen LogP contribution in [-0.2, 0) is 19.0 Å². The van der Waals surface area contributed by atoms with Crippen molar-refractivity contribution in [3.8, 4) is 0 Å². The first-order valence-electron chi connectivity index (χ1n) is 5.88. The molecule has 1 N–H and O–H groups in total. The fraction of sp³-hybridized carbons (Fsp3) is 0.909. The van der Waals surface area contributed by atoms with Gasteiger partial charge in [0.1, 0.15) is 5.60 Å². The summed E-state index contributed by atoms with van der Waals surface area (Å²) in [5, 5.41) is 2.66. The summed E-state index contributed by atoms with van der Waals surface area (Å²) in [5.41, 5.74) is -0.508. The van der Waals surface area contributed by atoms with Gasteiger partial charge in [-0.3, -0.25) is 4.18 Å². The van der Waals surface area contributed by atoms with Crippen molar-refractivity contribution in [2.75, 3.05) is 19.4 Å². The minimum absolute atomic E-state index is 0.194. The molecule has 0 aromatic heterocycles. The second-order valence-electron chi connectivity index (χ2n) is 5.63. The molecule has 1 fully saturated rings. The lowest BCUT2D eigenvalue weighted by molar-refractivity contribution is 0.0524. The molecule has 0 aromatic carbocycles. The zero-order chi connectivity index (χ0) is 14.0. The lowest BCUT2D eigenvalue weighted by atomic mass is 10.2. The molecule has 1 aliphatic rings. The van der Waals surface area contributed by atoms with Crippen molar-refractivity contribution in [1.29, 1.82) is 0 Å². The Morgan fingerprint density at radius 2 is 1.94 bits per heavy atom. The maximum Gasteiger partial charge on any atom is 0.407 e. The second kappa shape index (κ2) is 5.44. The summed E-state index contributed by atoms with van der Waals surface area (Å²) in [6.07, 6.45) is 1.45. The molecule has 1 amide bonds. The Kier molecular flexibility index (Phi) is 4.61. The van der Waals surface area contributed by atoms with Crippen molar-refractivity contribution in [3.63, 3.8) is 0 Å². The highest BCUT2D eigenvalue weighted by atomic mass is 32.2. The van der Waals surface area contributed by atoms with Gasteiger partial charge < -0.3 is 10.1 Å². The van der Waals surface area contributed by atoms with E-state index in [-0.39, 0.29) is 18.4 Å². The van der Waals surface area contributed by atoms with Gasteiger partial charge in [0.2, 0.25) is 0 Å². The Morgan fingerprint density at radius 1 is 1.33 bits per heavy atom. The van der Waals surface area contributed by atoms with Crippen molar-refractivity contribution < 1.29 is 22.1 Å². The molecule has 106 valence electrons. The summed E-state index contributed by atoms with van der Waals surface area (Å²) in [6, 6.07) is 0. The molecular weight excluding hydrogens is 258 g/mol. The summed E-state index contributed by atoms with van der Waals surface area (Å²) in [6.45, 7) is 6.08. The topological polar surface area (TPSA) is 81.7 Å². The Balaban J connectivity index is 2.15. The highest BCUT2D eigenvalue weighted by Crippen LogP contribution is 2.38. The smallest absolute Gasteiger partial charge is 0.407 e. The van der Waals surface area contributed by atoms with Gasteiger partial charge in [-0.15, -0.1) is 0 Å². The Hall–Kier alpha value is -0.820. The van der Waals surface area contributed by atoms with Gasteiger partial charge in [0, 0.05) is 6.54 Å². The minimum atomic E-state index is -3.37. The summed E-state index contributed by atoms with van der Waals surface area (Å²) >= 11 is 0. The van der Waals surface area contributed by atoms with Crippen LogP contribution in [-0.4, -0.2) is 39.5 Å². The quantitative estimate of drug-likeness (QED) is 0.763. The number of amides is 1. The predicted octanol–water partition coefficient (Wildman–Crippen LogP) is 1.12. The van der Waals surface area contributed by atoms with E-state index in [4.69, 9.17) is 8.92 Å². The Labute approximate surface area is 108 Å². The zero-order valence-corrected chi connectivity index (χ0v) is 12.0. The Morgan fingerprint density at radius 3 is 2.44 bits per heavy atom. The lowest BCUT2D eigenvalue weighted by Gasteiger charge is -2.19. The Bertz CT molecular complexity index is 398. The maximum absolute atomic E-state index is 11.4. The predicted molar refractivity (Wildman–Crippen MR) is 66.6 cm³/mol. The standard InChI is InChI=1S/C11H21NO5S/c1-11(2,3)17-10(13)12-6-8-5-9(8)7-16-18(4,14)15/h8-9H,5-7H2,1-4H3,(H,12,13). The molecule has 0 aromatic rings. The van der Waals surface area contributed by atoms with Gasteiger partial charge in [0.05, 0.1) is 12.9 Å². The molecular formula is C11H21NO5S. The van der Waals surface area contributed by atoms with Gasteiger partial charge in [-0.2, -0.15) is 8.42 Å². The third kappa shape index (κ3) is 6.80. The second-order valence-corrected chi connectivity index (χ2v) is 7.27. The van der Waals surface area contributed by atoms with Gasteiger partial charge in [0.15, 0.2) is 0 Å². The first kappa shape index (κ1) is 15.2. The van der Waals surface area contributed by atoms with E-state index in [1.165, 1.54) is 0 Å². The van der Waals surface area contributed by atoms with E-state index in [0.717, 1.165) is 12.7 Å². The van der Waals surface area contributed by atoms with Crippen LogP contribution in [0.15, 0.2) is 0 Å². The maximum atomic E-state index is 11.4. The number of hydrogen-bond acceptors (Lipinski definition) is 5. The number of ether oxygens (including phenoxy) is 1. The third-order valence-corrected chi connectivity index (χ3v) is 3.04. The molecule has 6 nitrogen and oxygen atoms in total. The fourth-order valence-corrected chi connectivity index (χ4v) is 1.93. The van der Waals surface area contributed by atoms with Gasteiger partial charge in [-0.25, -0.2) is 4.79 Å². The summed E-state index contributed by atoms with van der Waals surface area (Å²) in [5.74, 6) is 0.480. The van der Waals surface area contributed by atoms with Gasteiger partial charge >= 0.3 is 6.09 Å². The SMILES string of the molecule is CC(C)(C)OC(=O)NCC1CC1COS(C)(=O)=O. The van der Waals surface area contributed by atoms with E-state index >= 15 is 0 Å². The van der Waals surface area contributed by atoms with Gasteiger partial charge in [0.25, 0.3) is 10.1 Å². The van der Waals surface area contributed by atoms with Crippen molar-refractivity contribution in [3.05, 3.63) is 0 Å². The number of carbonyl (C=O) groups is 1. The summed E-state index contributed by atoms with van der Waals surface area (Å²) < 4.78 is 31.3. The molecule has 7 heteroatoms. The normalized spacial score (nSPS) is 23.6. The van der Waals surface area contributed by atoms with Gasteiger partial charge in [-0.1, -0.05) is 0 Å². The number of carbonyl (C=O) groups excluding carboxylic acids is 1. The molecule has 18 heavy (non-hydrogen) atoms. The highest BCUT2D eigenvalue weighted by molar-refractivity contribution is 7.85. The molecule has 1 saturated carbocycles. The van der Waals surface area contributed by atoms with Crippen molar-refractivity contribution in [1.82, 2.24) is 5.32 Å². The van der Waals surface area contributed by atoms with E-state index in [9.17, 15) is 13.2 Å². The number of alkyl carbamates (subject to hydrolysis) is 1. The van der Waals surface area contributed by atoms with Crippen LogP contribution in [0.2, 0.25) is 0 Å². The van der Waals surface area contributed by atoms with E-state index in [2.05, 4.69) is 5.32 Å². The van der Waals surface area contributed by atoms with Crippen LogP contribution in [0.1, 0.15) is 27.2 Å². The van der Waals surface area contributed by atoms with Crippen molar-refractivity contribution in [2.45, 2.75) is 32.8 Å². The monoisotopic (exact) mass is 279 g/mol. The highest BCUT2D eigenvalue weighted by Gasteiger charge is 2.38. The molecule has 0 saturated heterocycles. The van der Waals surface area contributed by atoms with Crippen molar-refractivity contribution in [2.24, 2.45) is 11.8 Å². The van der Waals surface area contributed by atoms with E-state index < -0.39 is 21.8 Å². The van der Waals surface area contributed by atoms with E-state index in [1.54, 1.807) is 20.8 Å². The minimum Gasteiger partial charge on any atom is -0.444 e.